The van der Waals surface area contributed by atoms with Crippen LogP contribution in [0.25, 0.3) is 0 Å². The maximum absolute atomic E-state index is 12.7. The molecule has 10 heteroatoms. The van der Waals surface area contributed by atoms with Crippen molar-refractivity contribution in [3.63, 3.8) is 0 Å². The van der Waals surface area contributed by atoms with Crippen molar-refractivity contribution in [3.8, 4) is 5.75 Å². The van der Waals surface area contributed by atoms with Crippen molar-refractivity contribution >= 4 is 56.2 Å². The number of nitrogens with one attached hydrogen (secondary N) is 3. The van der Waals surface area contributed by atoms with Crippen molar-refractivity contribution in [3.05, 3.63) is 82.9 Å². The molecule has 3 N–H and O–H groups in total. The van der Waals surface area contributed by atoms with E-state index in [1.807, 2.05) is 26.0 Å². The molecule has 3 aromatic carbocycles. The van der Waals surface area contributed by atoms with Gasteiger partial charge in [0, 0.05) is 10.7 Å². The van der Waals surface area contributed by atoms with Gasteiger partial charge in [0.1, 0.15) is 5.75 Å². The van der Waals surface area contributed by atoms with Gasteiger partial charge in [0.15, 0.2) is 11.7 Å². The summed E-state index contributed by atoms with van der Waals surface area (Å²) < 4.78 is 33.3. The molecular formula is C23H22ClN3O4S2. The summed E-state index contributed by atoms with van der Waals surface area (Å²) in [5.41, 5.74) is 2.92. The van der Waals surface area contributed by atoms with Crippen LogP contribution in [0.4, 0.5) is 11.4 Å². The topological polar surface area (TPSA) is 96.5 Å². The molecule has 33 heavy (non-hydrogen) atoms. The zero-order valence-corrected chi connectivity index (χ0v) is 20.3. The Kier molecular flexibility index (Phi) is 7.91. The second kappa shape index (κ2) is 10.7. The van der Waals surface area contributed by atoms with E-state index in [1.165, 1.54) is 12.1 Å². The Hall–Kier alpha value is -3.14. The van der Waals surface area contributed by atoms with Crippen LogP contribution in [-0.4, -0.2) is 26.0 Å². The normalized spacial score (nSPS) is 10.9. The van der Waals surface area contributed by atoms with Gasteiger partial charge in [-0.3, -0.25) is 14.8 Å². The minimum Gasteiger partial charge on any atom is -0.484 e. The Morgan fingerprint density at radius 3 is 2.30 bits per heavy atom. The summed E-state index contributed by atoms with van der Waals surface area (Å²) in [6.45, 7) is 3.55. The lowest BCUT2D eigenvalue weighted by Gasteiger charge is -2.13. The van der Waals surface area contributed by atoms with Crippen LogP contribution in [0.2, 0.25) is 5.02 Å². The van der Waals surface area contributed by atoms with E-state index in [1.54, 1.807) is 42.5 Å². The van der Waals surface area contributed by atoms with Gasteiger partial charge >= 0.3 is 0 Å². The number of ether oxygens (including phenoxy) is 1. The molecule has 0 saturated carbocycles. The van der Waals surface area contributed by atoms with Crippen LogP contribution in [-0.2, 0) is 14.8 Å². The van der Waals surface area contributed by atoms with E-state index < -0.39 is 15.9 Å². The molecule has 0 aromatic heterocycles. The number of sulfonamides is 1. The van der Waals surface area contributed by atoms with E-state index in [0.717, 1.165) is 11.1 Å². The van der Waals surface area contributed by atoms with Crippen molar-refractivity contribution < 1.29 is 17.9 Å². The van der Waals surface area contributed by atoms with Crippen LogP contribution < -0.4 is 20.1 Å². The number of aryl methyl sites for hydroxylation is 2. The van der Waals surface area contributed by atoms with Crippen LogP contribution in [0.1, 0.15) is 11.1 Å². The minimum absolute atomic E-state index is 0.0590. The van der Waals surface area contributed by atoms with Crippen LogP contribution in [0.3, 0.4) is 0 Å². The standard InChI is InChI=1S/C23H22ClN3O4S2/c1-15-3-12-21(16(2)13-15)27-33(29,30)20-10-6-18(7-11-20)25-23(32)26-22(28)14-31-19-8-4-17(24)5-9-19/h3-13,27H,14H2,1-2H3,(H2,25,26,28,32). The van der Waals surface area contributed by atoms with Gasteiger partial charge in [-0.15, -0.1) is 0 Å². The third-order valence-corrected chi connectivity index (χ3v) is 6.32. The largest absolute Gasteiger partial charge is 0.484 e. The van der Waals surface area contributed by atoms with Gasteiger partial charge in [0.25, 0.3) is 15.9 Å². The number of carbonyl (C=O) groups is 1. The number of benzene rings is 3. The number of halogens is 1. The van der Waals surface area contributed by atoms with Crippen molar-refractivity contribution in [2.75, 3.05) is 16.6 Å². The Morgan fingerprint density at radius 2 is 1.67 bits per heavy atom. The maximum atomic E-state index is 12.7. The smallest absolute Gasteiger partial charge is 0.264 e. The molecular weight excluding hydrogens is 482 g/mol. The first kappa shape index (κ1) is 24.5. The SMILES string of the molecule is Cc1ccc(NS(=O)(=O)c2ccc(NC(=S)NC(=O)COc3ccc(Cl)cc3)cc2)c(C)c1. The van der Waals surface area contributed by atoms with Gasteiger partial charge in [-0.25, -0.2) is 8.42 Å². The molecule has 3 rings (SSSR count). The summed E-state index contributed by atoms with van der Waals surface area (Å²) in [6, 6.07) is 18.1. The van der Waals surface area contributed by atoms with E-state index >= 15 is 0 Å². The van der Waals surface area contributed by atoms with Gasteiger partial charge in [-0.2, -0.15) is 0 Å². The molecule has 0 bridgehead atoms. The molecule has 0 atom stereocenters. The van der Waals surface area contributed by atoms with Crippen molar-refractivity contribution in [2.45, 2.75) is 18.7 Å². The maximum Gasteiger partial charge on any atom is 0.264 e. The zero-order valence-electron chi connectivity index (χ0n) is 17.9. The zero-order chi connectivity index (χ0) is 24.0. The third-order valence-electron chi connectivity index (χ3n) is 4.49. The van der Waals surface area contributed by atoms with Crippen LogP contribution in [0.15, 0.2) is 71.6 Å². The fourth-order valence-corrected chi connectivity index (χ4v) is 4.34. The second-order valence-corrected chi connectivity index (χ2v) is 9.72. The van der Waals surface area contributed by atoms with E-state index in [-0.39, 0.29) is 16.6 Å². The fraction of sp³-hybridized carbons (Fsp3) is 0.130. The first-order valence-electron chi connectivity index (χ1n) is 9.82. The molecule has 0 unspecified atom stereocenters. The fourth-order valence-electron chi connectivity index (χ4n) is 2.85. The average Bonchev–Trinajstić information content (AvgIpc) is 2.75. The lowest BCUT2D eigenvalue weighted by molar-refractivity contribution is -0.121. The summed E-state index contributed by atoms with van der Waals surface area (Å²) in [5, 5.41) is 5.96. The molecule has 0 spiro atoms. The predicted molar refractivity (Wildman–Crippen MR) is 134 cm³/mol. The number of carbonyl (C=O) groups excluding carboxylic acids is 1. The Balaban J connectivity index is 1.54. The van der Waals surface area contributed by atoms with E-state index in [0.29, 0.717) is 22.1 Å². The highest BCUT2D eigenvalue weighted by molar-refractivity contribution is 7.92. The molecule has 0 fully saturated rings. The lowest BCUT2D eigenvalue weighted by atomic mass is 10.1. The van der Waals surface area contributed by atoms with Gasteiger partial charge in [0.2, 0.25) is 0 Å². The quantitative estimate of drug-likeness (QED) is 0.406. The van der Waals surface area contributed by atoms with E-state index in [4.69, 9.17) is 28.6 Å². The van der Waals surface area contributed by atoms with E-state index in [9.17, 15) is 13.2 Å². The number of rotatable bonds is 7. The summed E-state index contributed by atoms with van der Waals surface area (Å²) in [4.78, 5) is 12.1. The second-order valence-electron chi connectivity index (χ2n) is 7.19. The number of thiocarbonyl (C=S) groups is 1. The number of amides is 1. The van der Waals surface area contributed by atoms with Gasteiger partial charge < -0.3 is 10.1 Å². The Bertz CT molecular complexity index is 1260. The van der Waals surface area contributed by atoms with E-state index in [2.05, 4.69) is 15.4 Å². The monoisotopic (exact) mass is 503 g/mol. The summed E-state index contributed by atoms with van der Waals surface area (Å²) in [6.07, 6.45) is 0. The molecule has 0 aliphatic heterocycles. The Morgan fingerprint density at radius 1 is 1.00 bits per heavy atom. The molecule has 3 aromatic rings. The number of anilines is 2. The van der Waals surface area contributed by atoms with Gasteiger partial charge in [0.05, 0.1) is 10.6 Å². The molecule has 0 saturated heterocycles. The predicted octanol–water partition coefficient (Wildman–Crippen LogP) is 4.65. The van der Waals surface area contributed by atoms with Crippen molar-refractivity contribution in [1.82, 2.24) is 5.32 Å². The molecule has 0 aliphatic rings. The highest BCUT2D eigenvalue weighted by Gasteiger charge is 2.15. The van der Waals surface area contributed by atoms with Crippen LogP contribution >= 0.6 is 23.8 Å². The minimum atomic E-state index is -3.75. The first-order valence-corrected chi connectivity index (χ1v) is 12.1. The molecule has 172 valence electrons. The summed E-state index contributed by atoms with van der Waals surface area (Å²) in [5.74, 6) is 0.0546. The molecule has 0 aliphatic carbocycles. The molecule has 1 amide bonds. The highest BCUT2D eigenvalue weighted by Crippen LogP contribution is 2.22. The highest BCUT2D eigenvalue weighted by atomic mass is 35.5. The molecule has 0 radical (unpaired) electrons. The molecule has 0 heterocycles. The van der Waals surface area contributed by atoms with Crippen LogP contribution in [0.5, 0.6) is 5.75 Å². The third kappa shape index (κ3) is 7.18. The van der Waals surface area contributed by atoms with Crippen molar-refractivity contribution in [2.24, 2.45) is 0 Å². The first-order chi connectivity index (χ1) is 15.6. The Labute approximate surface area is 203 Å². The summed E-state index contributed by atoms with van der Waals surface area (Å²) >= 11 is 10.9. The van der Waals surface area contributed by atoms with Gasteiger partial charge in [-0.05, 0) is 86.2 Å². The number of hydrogen-bond acceptors (Lipinski definition) is 5. The molecule has 7 nitrogen and oxygen atoms in total. The number of hydrogen-bond donors (Lipinski definition) is 3. The average molecular weight is 504 g/mol. The lowest BCUT2D eigenvalue weighted by Crippen LogP contribution is -2.37. The van der Waals surface area contributed by atoms with Gasteiger partial charge in [-0.1, -0.05) is 29.3 Å². The van der Waals surface area contributed by atoms with Crippen LogP contribution in [0, 0.1) is 13.8 Å². The summed E-state index contributed by atoms with van der Waals surface area (Å²) in [7, 11) is -3.75. The van der Waals surface area contributed by atoms with Crippen molar-refractivity contribution in [1.29, 1.82) is 0 Å².